The standard InChI is InChI=1S/C19H19N3/c1-22-18-10-6-5-9-16(18)17(13-20)19(22)14-21-12-11-15-7-3-2-4-8-15/h2-10,21H,11-12,14H2,1H3. The SMILES string of the molecule is Cn1c(CNCCc2ccccc2)c(C#N)c2ccccc21. The Balaban J connectivity index is 1.72. The Kier molecular flexibility index (Phi) is 4.22. The molecule has 3 heteroatoms. The number of benzene rings is 2. The lowest BCUT2D eigenvalue weighted by Gasteiger charge is -2.07. The van der Waals surface area contributed by atoms with E-state index in [9.17, 15) is 5.26 Å². The molecule has 0 radical (unpaired) electrons. The molecule has 0 saturated heterocycles. The van der Waals surface area contributed by atoms with E-state index in [1.165, 1.54) is 5.56 Å². The van der Waals surface area contributed by atoms with Gasteiger partial charge in [-0.3, -0.25) is 0 Å². The number of rotatable bonds is 5. The van der Waals surface area contributed by atoms with E-state index in [1.54, 1.807) is 0 Å². The zero-order valence-corrected chi connectivity index (χ0v) is 12.7. The minimum absolute atomic E-state index is 0.709. The molecular weight excluding hydrogens is 270 g/mol. The summed E-state index contributed by atoms with van der Waals surface area (Å²) in [4.78, 5) is 0. The third-order valence-electron chi connectivity index (χ3n) is 4.07. The fraction of sp³-hybridized carbons (Fsp3) is 0.211. The van der Waals surface area contributed by atoms with Crippen molar-refractivity contribution in [2.24, 2.45) is 7.05 Å². The van der Waals surface area contributed by atoms with Crippen LogP contribution in [0.1, 0.15) is 16.8 Å². The highest BCUT2D eigenvalue weighted by Gasteiger charge is 2.13. The fourth-order valence-corrected chi connectivity index (χ4v) is 2.86. The van der Waals surface area contributed by atoms with Gasteiger partial charge in [0.1, 0.15) is 6.07 Å². The third kappa shape index (κ3) is 2.74. The predicted molar refractivity (Wildman–Crippen MR) is 89.5 cm³/mol. The second-order valence-corrected chi connectivity index (χ2v) is 5.42. The second-order valence-electron chi connectivity index (χ2n) is 5.42. The summed E-state index contributed by atoms with van der Waals surface area (Å²) >= 11 is 0. The number of aromatic nitrogens is 1. The Bertz CT molecular complexity index is 810. The number of fused-ring (bicyclic) bond motifs is 1. The van der Waals surface area contributed by atoms with Crippen LogP contribution in [0.2, 0.25) is 0 Å². The van der Waals surface area contributed by atoms with Crippen LogP contribution in [-0.4, -0.2) is 11.1 Å². The third-order valence-corrected chi connectivity index (χ3v) is 4.07. The van der Waals surface area contributed by atoms with Gasteiger partial charge in [0, 0.05) is 24.5 Å². The Morgan fingerprint density at radius 2 is 1.77 bits per heavy atom. The van der Waals surface area contributed by atoms with Gasteiger partial charge in [0.25, 0.3) is 0 Å². The van der Waals surface area contributed by atoms with Gasteiger partial charge in [0.15, 0.2) is 0 Å². The number of nitriles is 1. The number of hydrogen-bond acceptors (Lipinski definition) is 2. The Hall–Kier alpha value is -2.57. The predicted octanol–water partition coefficient (Wildman–Crippen LogP) is 3.38. The van der Waals surface area contributed by atoms with Gasteiger partial charge in [-0.05, 0) is 24.6 Å². The van der Waals surface area contributed by atoms with Crippen LogP contribution >= 0.6 is 0 Å². The Morgan fingerprint density at radius 1 is 1.05 bits per heavy atom. The molecule has 0 fully saturated rings. The summed E-state index contributed by atoms with van der Waals surface area (Å²) in [5.74, 6) is 0. The largest absolute Gasteiger partial charge is 0.345 e. The molecule has 0 unspecified atom stereocenters. The summed E-state index contributed by atoms with van der Waals surface area (Å²) in [6, 6.07) is 20.9. The maximum atomic E-state index is 9.47. The van der Waals surface area contributed by atoms with Gasteiger partial charge in [0.05, 0.1) is 11.3 Å². The van der Waals surface area contributed by atoms with Crippen molar-refractivity contribution in [2.75, 3.05) is 6.54 Å². The maximum absolute atomic E-state index is 9.47. The number of hydrogen-bond donors (Lipinski definition) is 1. The van der Waals surface area contributed by atoms with Gasteiger partial charge < -0.3 is 9.88 Å². The van der Waals surface area contributed by atoms with Gasteiger partial charge in [-0.2, -0.15) is 5.26 Å². The summed E-state index contributed by atoms with van der Waals surface area (Å²) in [6.45, 7) is 1.61. The Morgan fingerprint density at radius 3 is 2.55 bits per heavy atom. The first-order chi connectivity index (χ1) is 10.8. The quantitative estimate of drug-likeness (QED) is 0.731. The minimum Gasteiger partial charge on any atom is -0.345 e. The van der Waals surface area contributed by atoms with Crippen LogP contribution < -0.4 is 5.32 Å². The van der Waals surface area contributed by atoms with E-state index in [1.807, 2.05) is 31.3 Å². The fourth-order valence-electron chi connectivity index (χ4n) is 2.86. The number of aryl methyl sites for hydroxylation is 1. The van der Waals surface area contributed by atoms with E-state index in [0.717, 1.165) is 35.1 Å². The normalized spacial score (nSPS) is 10.7. The van der Waals surface area contributed by atoms with E-state index < -0.39 is 0 Å². The van der Waals surface area contributed by atoms with Crippen LogP contribution in [0.15, 0.2) is 54.6 Å². The molecule has 110 valence electrons. The molecule has 0 aliphatic rings. The average Bonchev–Trinajstić information content (AvgIpc) is 2.85. The van der Waals surface area contributed by atoms with Gasteiger partial charge in [0.2, 0.25) is 0 Å². The monoisotopic (exact) mass is 289 g/mol. The van der Waals surface area contributed by atoms with Gasteiger partial charge >= 0.3 is 0 Å². The van der Waals surface area contributed by atoms with Crippen molar-refractivity contribution >= 4 is 10.9 Å². The topological polar surface area (TPSA) is 40.8 Å². The summed E-state index contributed by atoms with van der Waals surface area (Å²) in [7, 11) is 2.03. The smallest absolute Gasteiger partial charge is 0.102 e. The van der Waals surface area contributed by atoms with E-state index >= 15 is 0 Å². The van der Waals surface area contributed by atoms with Crippen molar-refractivity contribution in [1.82, 2.24) is 9.88 Å². The zero-order valence-electron chi connectivity index (χ0n) is 12.7. The van der Waals surface area contributed by atoms with Crippen molar-refractivity contribution in [3.8, 4) is 6.07 Å². The molecule has 0 atom stereocenters. The molecular formula is C19H19N3. The lowest BCUT2D eigenvalue weighted by molar-refractivity contribution is 0.656. The van der Waals surface area contributed by atoms with Crippen molar-refractivity contribution in [2.45, 2.75) is 13.0 Å². The molecule has 0 saturated carbocycles. The molecule has 0 amide bonds. The molecule has 1 aromatic heterocycles. The molecule has 3 nitrogen and oxygen atoms in total. The van der Waals surface area contributed by atoms with Crippen LogP contribution in [0.25, 0.3) is 10.9 Å². The summed E-state index contributed by atoms with van der Waals surface area (Å²) < 4.78 is 2.11. The van der Waals surface area contributed by atoms with E-state index in [0.29, 0.717) is 6.54 Å². The molecule has 3 rings (SSSR count). The summed E-state index contributed by atoms with van der Waals surface area (Å²) in [6.07, 6.45) is 0.993. The van der Waals surface area contributed by atoms with Crippen molar-refractivity contribution in [1.29, 1.82) is 5.26 Å². The molecule has 0 bridgehead atoms. The average molecular weight is 289 g/mol. The van der Waals surface area contributed by atoms with Gasteiger partial charge in [-0.25, -0.2) is 0 Å². The first-order valence-electron chi connectivity index (χ1n) is 7.52. The summed E-state index contributed by atoms with van der Waals surface area (Å²) in [5, 5.41) is 14.0. The highest BCUT2D eigenvalue weighted by atomic mass is 15.0. The van der Waals surface area contributed by atoms with Crippen LogP contribution in [0.3, 0.4) is 0 Å². The lowest BCUT2D eigenvalue weighted by atomic mass is 10.1. The van der Waals surface area contributed by atoms with Crippen LogP contribution in [-0.2, 0) is 20.0 Å². The van der Waals surface area contributed by atoms with E-state index in [4.69, 9.17) is 0 Å². The van der Waals surface area contributed by atoms with Crippen LogP contribution in [0.4, 0.5) is 0 Å². The number of nitrogens with zero attached hydrogens (tertiary/aromatic N) is 2. The van der Waals surface area contributed by atoms with Crippen molar-refractivity contribution < 1.29 is 0 Å². The van der Waals surface area contributed by atoms with Crippen LogP contribution in [0.5, 0.6) is 0 Å². The number of para-hydroxylation sites is 1. The molecule has 2 aromatic carbocycles. The lowest BCUT2D eigenvalue weighted by Crippen LogP contribution is -2.19. The van der Waals surface area contributed by atoms with Gasteiger partial charge in [-0.15, -0.1) is 0 Å². The van der Waals surface area contributed by atoms with Crippen molar-refractivity contribution in [3.63, 3.8) is 0 Å². The molecule has 0 aliphatic carbocycles. The first kappa shape index (κ1) is 14.4. The molecule has 3 aromatic rings. The first-order valence-corrected chi connectivity index (χ1v) is 7.52. The van der Waals surface area contributed by atoms with Crippen molar-refractivity contribution in [3.05, 3.63) is 71.4 Å². The number of nitrogens with one attached hydrogen (secondary N) is 1. The van der Waals surface area contributed by atoms with Gasteiger partial charge in [-0.1, -0.05) is 48.5 Å². The highest BCUT2D eigenvalue weighted by Crippen LogP contribution is 2.24. The molecule has 1 heterocycles. The summed E-state index contributed by atoms with van der Waals surface area (Å²) in [5.41, 5.74) is 4.27. The maximum Gasteiger partial charge on any atom is 0.102 e. The highest BCUT2D eigenvalue weighted by molar-refractivity contribution is 5.88. The van der Waals surface area contributed by atoms with E-state index in [2.05, 4.69) is 46.3 Å². The zero-order chi connectivity index (χ0) is 15.4. The minimum atomic E-state index is 0.709. The van der Waals surface area contributed by atoms with Crippen LogP contribution in [0, 0.1) is 11.3 Å². The molecule has 0 aliphatic heterocycles. The second kappa shape index (κ2) is 6.46. The molecule has 22 heavy (non-hydrogen) atoms. The Labute approximate surface area is 130 Å². The molecule has 1 N–H and O–H groups in total. The molecule has 0 spiro atoms. The van der Waals surface area contributed by atoms with E-state index in [-0.39, 0.29) is 0 Å².